The topological polar surface area (TPSA) is 59.6 Å². The highest BCUT2D eigenvalue weighted by atomic mass is 16.5. The van der Waals surface area contributed by atoms with Gasteiger partial charge in [-0.15, -0.1) is 0 Å². The predicted molar refractivity (Wildman–Crippen MR) is 80.6 cm³/mol. The van der Waals surface area contributed by atoms with Crippen LogP contribution in [0.15, 0.2) is 29.3 Å². The molecule has 0 fully saturated rings. The van der Waals surface area contributed by atoms with Gasteiger partial charge in [-0.1, -0.05) is 32.0 Å². The van der Waals surface area contributed by atoms with Gasteiger partial charge in [0, 0.05) is 13.1 Å². The molecule has 0 bridgehead atoms. The van der Waals surface area contributed by atoms with E-state index in [0.717, 1.165) is 30.8 Å². The van der Waals surface area contributed by atoms with Crippen LogP contribution in [0.25, 0.3) is 0 Å². The summed E-state index contributed by atoms with van der Waals surface area (Å²) >= 11 is 0. The van der Waals surface area contributed by atoms with E-state index < -0.39 is 0 Å². The Bertz CT molecular complexity index is 402. The van der Waals surface area contributed by atoms with Crippen LogP contribution in [-0.2, 0) is 0 Å². The highest BCUT2D eigenvalue weighted by Crippen LogP contribution is 2.15. The minimum Gasteiger partial charge on any atom is -0.493 e. The first-order chi connectivity index (χ1) is 9.09. The Morgan fingerprint density at radius 1 is 1.37 bits per heavy atom. The minimum absolute atomic E-state index is 0.518. The van der Waals surface area contributed by atoms with Crippen molar-refractivity contribution in [2.45, 2.75) is 27.2 Å². The van der Waals surface area contributed by atoms with E-state index >= 15 is 0 Å². The number of para-hydroxylation sites is 1. The average Bonchev–Trinajstić information content (AvgIpc) is 2.38. The van der Waals surface area contributed by atoms with Crippen LogP contribution in [0.2, 0.25) is 0 Å². The number of nitrogens with two attached hydrogens (primary N) is 1. The summed E-state index contributed by atoms with van der Waals surface area (Å²) in [5.74, 6) is 2.00. The molecule has 0 aliphatic carbocycles. The zero-order valence-corrected chi connectivity index (χ0v) is 12.1. The zero-order valence-electron chi connectivity index (χ0n) is 12.1. The molecule has 0 heterocycles. The first-order valence-electron chi connectivity index (χ1n) is 6.82. The molecule has 0 unspecified atom stereocenters. The van der Waals surface area contributed by atoms with Crippen molar-refractivity contribution in [3.8, 4) is 5.75 Å². The summed E-state index contributed by atoms with van der Waals surface area (Å²) in [6.45, 7) is 8.50. The summed E-state index contributed by atoms with van der Waals surface area (Å²) < 4.78 is 5.70. The Labute approximate surface area is 116 Å². The van der Waals surface area contributed by atoms with E-state index in [0.29, 0.717) is 18.5 Å². The van der Waals surface area contributed by atoms with Crippen molar-refractivity contribution < 1.29 is 4.74 Å². The molecule has 1 aromatic rings. The molecule has 0 aromatic heterocycles. The molecule has 0 saturated carbocycles. The molecule has 106 valence electrons. The third kappa shape index (κ3) is 6.70. The summed E-state index contributed by atoms with van der Waals surface area (Å²) in [5.41, 5.74) is 6.90. The second-order valence-electron chi connectivity index (χ2n) is 5.01. The number of hydrogen-bond acceptors (Lipinski definition) is 2. The first kappa shape index (κ1) is 15.3. The third-order valence-electron chi connectivity index (χ3n) is 2.61. The molecule has 0 atom stereocenters. The van der Waals surface area contributed by atoms with Crippen LogP contribution >= 0.6 is 0 Å². The van der Waals surface area contributed by atoms with E-state index in [1.807, 2.05) is 31.2 Å². The third-order valence-corrected chi connectivity index (χ3v) is 2.61. The highest BCUT2D eigenvalue weighted by Gasteiger charge is 1.98. The fraction of sp³-hybridized carbons (Fsp3) is 0.533. The quantitative estimate of drug-likeness (QED) is 0.451. The van der Waals surface area contributed by atoms with Crippen molar-refractivity contribution in [1.29, 1.82) is 0 Å². The smallest absolute Gasteiger partial charge is 0.188 e. The van der Waals surface area contributed by atoms with Gasteiger partial charge >= 0.3 is 0 Å². The Balaban J connectivity index is 2.15. The molecule has 0 spiro atoms. The Morgan fingerprint density at radius 3 is 2.79 bits per heavy atom. The fourth-order valence-electron chi connectivity index (χ4n) is 1.53. The molecule has 1 aromatic carbocycles. The number of benzene rings is 1. The van der Waals surface area contributed by atoms with Gasteiger partial charge in [-0.2, -0.15) is 0 Å². The second-order valence-corrected chi connectivity index (χ2v) is 5.01. The molecule has 0 aliphatic rings. The average molecular weight is 263 g/mol. The lowest BCUT2D eigenvalue weighted by molar-refractivity contribution is 0.309. The number of aliphatic imine (C=N–C) groups is 1. The minimum atomic E-state index is 0.518. The van der Waals surface area contributed by atoms with Gasteiger partial charge in [0.2, 0.25) is 0 Å². The molecule has 19 heavy (non-hydrogen) atoms. The van der Waals surface area contributed by atoms with Gasteiger partial charge in [-0.25, -0.2) is 0 Å². The van der Waals surface area contributed by atoms with E-state index in [1.165, 1.54) is 0 Å². The molecule has 1 rings (SSSR count). The van der Waals surface area contributed by atoms with Crippen LogP contribution in [0.1, 0.15) is 25.8 Å². The van der Waals surface area contributed by atoms with Gasteiger partial charge in [0.05, 0.1) is 6.61 Å². The number of rotatable bonds is 7. The van der Waals surface area contributed by atoms with Crippen molar-refractivity contribution in [3.63, 3.8) is 0 Å². The van der Waals surface area contributed by atoms with Gasteiger partial charge in [-0.05, 0) is 30.9 Å². The van der Waals surface area contributed by atoms with Crippen molar-refractivity contribution in [2.24, 2.45) is 16.6 Å². The molecule has 0 radical (unpaired) electrons. The second kappa shape index (κ2) is 8.40. The molecule has 0 aliphatic heterocycles. The number of ether oxygens (including phenoxy) is 1. The maximum absolute atomic E-state index is 5.74. The summed E-state index contributed by atoms with van der Waals surface area (Å²) in [4.78, 5) is 4.24. The summed E-state index contributed by atoms with van der Waals surface area (Å²) in [7, 11) is 0. The SMILES string of the molecule is Cc1ccccc1OCCCNC(N)=NCC(C)C. The normalized spacial score (nSPS) is 11.7. The Kier molecular flexibility index (Phi) is 6.79. The monoisotopic (exact) mass is 263 g/mol. The lowest BCUT2D eigenvalue weighted by Gasteiger charge is -2.09. The van der Waals surface area contributed by atoms with Gasteiger partial charge in [0.25, 0.3) is 0 Å². The van der Waals surface area contributed by atoms with E-state index in [4.69, 9.17) is 10.5 Å². The van der Waals surface area contributed by atoms with E-state index in [9.17, 15) is 0 Å². The van der Waals surface area contributed by atoms with E-state index in [2.05, 4.69) is 24.2 Å². The first-order valence-corrected chi connectivity index (χ1v) is 6.82. The molecule has 4 heteroatoms. The number of guanidine groups is 1. The maximum atomic E-state index is 5.74. The van der Waals surface area contributed by atoms with Crippen molar-refractivity contribution >= 4 is 5.96 Å². The number of hydrogen-bond donors (Lipinski definition) is 2. The van der Waals surface area contributed by atoms with Crippen LogP contribution in [0, 0.1) is 12.8 Å². The largest absolute Gasteiger partial charge is 0.493 e. The lowest BCUT2D eigenvalue weighted by atomic mass is 10.2. The van der Waals surface area contributed by atoms with Gasteiger partial charge in [-0.3, -0.25) is 4.99 Å². The maximum Gasteiger partial charge on any atom is 0.188 e. The number of nitrogens with one attached hydrogen (secondary N) is 1. The van der Waals surface area contributed by atoms with Crippen molar-refractivity contribution in [2.75, 3.05) is 19.7 Å². The molecular weight excluding hydrogens is 238 g/mol. The number of nitrogens with zero attached hydrogens (tertiary/aromatic N) is 1. The van der Waals surface area contributed by atoms with E-state index in [1.54, 1.807) is 0 Å². The molecular formula is C15H25N3O. The Hall–Kier alpha value is -1.71. The van der Waals surface area contributed by atoms with Gasteiger partial charge in [0.15, 0.2) is 5.96 Å². The lowest BCUT2D eigenvalue weighted by Crippen LogP contribution is -2.33. The molecule has 0 saturated heterocycles. The van der Waals surface area contributed by atoms with Gasteiger partial charge < -0.3 is 15.8 Å². The summed E-state index contributed by atoms with van der Waals surface area (Å²) in [6, 6.07) is 8.03. The van der Waals surface area contributed by atoms with Crippen molar-refractivity contribution in [1.82, 2.24) is 5.32 Å². The summed E-state index contributed by atoms with van der Waals surface area (Å²) in [5, 5.41) is 3.09. The molecule has 4 nitrogen and oxygen atoms in total. The Morgan fingerprint density at radius 2 is 2.11 bits per heavy atom. The van der Waals surface area contributed by atoms with Crippen LogP contribution in [-0.4, -0.2) is 25.7 Å². The van der Waals surface area contributed by atoms with Crippen LogP contribution in [0.3, 0.4) is 0 Å². The van der Waals surface area contributed by atoms with Crippen LogP contribution in [0.4, 0.5) is 0 Å². The fourth-order valence-corrected chi connectivity index (χ4v) is 1.53. The van der Waals surface area contributed by atoms with E-state index in [-0.39, 0.29) is 0 Å². The predicted octanol–water partition coefficient (Wildman–Crippen LogP) is 2.32. The zero-order chi connectivity index (χ0) is 14.1. The van der Waals surface area contributed by atoms with Crippen LogP contribution in [0.5, 0.6) is 5.75 Å². The molecule has 3 N–H and O–H groups in total. The standard InChI is InChI=1S/C15H25N3O/c1-12(2)11-18-15(16)17-9-6-10-19-14-8-5-4-7-13(14)3/h4-5,7-8,12H,6,9-11H2,1-3H3,(H3,16,17,18). The summed E-state index contributed by atoms with van der Waals surface area (Å²) in [6.07, 6.45) is 0.895. The van der Waals surface area contributed by atoms with Crippen molar-refractivity contribution in [3.05, 3.63) is 29.8 Å². The molecule has 0 amide bonds. The van der Waals surface area contributed by atoms with Gasteiger partial charge in [0.1, 0.15) is 5.75 Å². The number of aryl methyl sites for hydroxylation is 1. The van der Waals surface area contributed by atoms with Crippen LogP contribution < -0.4 is 15.8 Å². The highest BCUT2D eigenvalue weighted by molar-refractivity contribution is 5.77.